The number of nitrogens with one attached hydrogen (secondary N) is 2. The minimum Gasteiger partial charge on any atom is -0.348 e. The number of hydrogen-bond acceptors (Lipinski definition) is 3. The van der Waals surface area contributed by atoms with E-state index in [4.69, 9.17) is 0 Å². The molecule has 0 fully saturated rings. The Morgan fingerprint density at radius 3 is 2.39 bits per heavy atom. The van der Waals surface area contributed by atoms with E-state index >= 15 is 0 Å². The number of halogens is 1. The van der Waals surface area contributed by atoms with Crippen LogP contribution in [0.15, 0.2) is 66.9 Å². The summed E-state index contributed by atoms with van der Waals surface area (Å²) < 4.78 is 12.9. The average molecular weight is 377 g/mol. The SMILES string of the molecule is Cc1ccccc1CNC(=O)c1ccnc(C(=O)NCc2ccc(F)cc2)c1. The maximum atomic E-state index is 12.9. The molecule has 0 radical (unpaired) electrons. The Labute approximate surface area is 162 Å². The third kappa shape index (κ3) is 5.01. The van der Waals surface area contributed by atoms with E-state index in [9.17, 15) is 14.0 Å². The Kier molecular flexibility index (Phi) is 6.11. The minimum absolute atomic E-state index is 0.144. The third-order valence-electron chi connectivity index (χ3n) is 4.32. The summed E-state index contributed by atoms with van der Waals surface area (Å²) in [5.41, 5.74) is 3.39. The van der Waals surface area contributed by atoms with Crippen LogP contribution >= 0.6 is 0 Å². The summed E-state index contributed by atoms with van der Waals surface area (Å²) in [4.78, 5) is 28.7. The van der Waals surface area contributed by atoms with Gasteiger partial charge in [-0.15, -0.1) is 0 Å². The molecular formula is C22H20FN3O2. The lowest BCUT2D eigenvalue weighted by molar-refractivity contribution is 0.0946. The number of rotatable bonds is 6. The zero-order valence-electron chi connectivity index (χ0n) is 15.4. The van der Waals surface area contributed by atoms with Gasteiger partial charge in [0.1, 0.15) is 11.5 Å². The molecule has 0 unspecified atom stereocenters. The Morgan fingerprint density at radius 1 is 0.929 bits per heavy atom. The topological polar surface area (TPSA) is 71.1 Å². The fourth-order valence-electron chi connectivity index (χ4n) is 2.66. The molecule has 1 heterocycles. The predicted octanol–water partition coefficient (Wildman–Crippen LogP) is 3.39. The van der Waals surface area contributed by atoms with Gasteiger partial charge < -0.3 is 10.6 Å². The fourth-order valence-corrected chi connectivity index (χ4v) is 2.66. The van der Waals surface area contributed by atoms with E-state index in [1.165, 1.54) is 24.4 Å². The summed E-state index contributed by atoms with van der Waals surface area (Å²) in [5, 5.41) is 5.56. The molecule has 28 heavy (non-hydrogen) atoms. The predicted molar refractivity (Wildman–Crippen MR) is 104 cm³/mol. The summed E-state index contributed by atoms with van der Waals surface area (Å²) >= 11 is 0. The second-order valence-corrected chi connectivity index (χ2v) is 6.35. The zero-order valence-corrected chi connectivity index (χ0v) is 15.4. The van der Waals surface area contributed by atoms with Crippen LogP contribution in [0.4, 0.5) is 4.39 Å². The van der Waals surface area contributed by atoms with Crippen molar-refractivity contribution in [3.8, 4) is 0 Å². The number of hydrogen-bond donors (Lipinski definition) is 2. The monoisotopic (exact) mass is 377 g/mol. The van der Waals surface area contributed by atoms with Crippen LogP contribution in [-0.2, 0) is 13.1 Å². The van der Waals surface area contributed by atoms with Crippen LogP contribution in [0, 0.1) is 12.7 Å². The lowest BCUT2D eigenvalue weighted by Crippen LogP contribution is -2.26. The van der Waals surface area contributed by atoms with Crippen LogP contribution < -0.4 is 10.6 Å². The fraction of sp³-hybridized carbons (Fsp3) is 0.136. The summed E-state index contributed by atoms with van der Waals surface area (Å²) in [6, 6.07) is 16.7. The number of aromatic nitrogens is 1. The smallest absolute Gasteiger partial charge is 0.270 e. The molecule has 6 heteroatoms. The molecule has 2 aromatic carbocycles. The number of nitrogens with zero attached hydrogens (tertiary/aromatic N) is 1. The van der Waals surface area contributed by atoms with Crippen LogP contribution in [0.3, 0.4) is 0 Å². The van der Waals surface area contributed by atoms with E-state index < -0.39 is 5.91 Å². The first-order valence-corrected chi connectivity index (χ1v) is 8.84. The van der Waals surface area contributed by atoms with Gasteiger partial charge in [0.2, 0.25) is 0 Å². The van der Waals surface area contributed by atoms with E-state index in [0.29, 0.717) is 12.1 Å². The van der Waals surface area contributed by atoms with Crippen molar-refractivity contribution in [1.29, 1.82) is 0 Å². The molecule has 0 bridgehead atoms. The highest BCUT2D eigenvalue weighted by atomic mass is 19.1. The normalized spacial score (nSPS) is 10.4. The summed E-state index contributed by atoms with van der Waals surface area (Å²) in [6.45, 7) is 2.63. The van der Waals surface area contributed by atoms with E-state index in [2.05, 4.69) is 15.6 Å². The molecule has 3 aromatic rings. The second kappa shape index (κ2) is 8.90. The Balaban J connectivity index is 1.60. The van der Waals surface area contributed by atoms with Crippen LogP contribution in [0.5, 0.6) is 0 Å². The van der Waals surface area contributed by atoms with E-state index in [1.54, 1.807) is 18.2 Å². The number of benzene rings is 2. The molecule has 2 amide bonds. The molecule has 2 N–H and O–H groups in total. The molecule has 1 aromatic heterocycles. The summed E-state index contributed by atoms with van der Waals surface area (Å²) in [7, 11) is 0. The average Bonchev–Trinajstić information content (AvgIpc) is 2.72. The summed E-state index contributed by atoms with van der Waals surface area (Å²) in [5.74, 6) is -1.02. The molecule has 0 aliphatic carbocycles. The van der Waals surface area contributed by atoms with Gasteiger partial charge in [0, 0.05) is 24.8 Å². The molecule has 5 nitrogen and oxygen atoms in total. The molecule has 0 spiro atoms. The molecule has 0 saturated carbocycles. The van der Waals surface area contributed by atoms with Crippen molar-refractivity contribution in [3.63, 3.8) is 0 Å². The van der Waals surface area contributed by atoms with Crippen molar-refractivity contribution in [3.05, 3.63) is 101 Å². The minimum atomic E-state index is -0.405. The highest BCUT2D eigenvalue weighted by molar-refractivity contribution is 5.98. The molecule has 142 valence electrons. The Morgan fingerprint density at radius 2 is 1.64 bits per heavy atom. The maximum Gasteiger partial charge on any atom is 0.270 e. The zero-order chi connectivity index (χ0) is 19.9. The van der Waals surface area contributed by atoms with Gasteiger partial charge in [0.25, 0.3) is 11.8 Å². The number of amides is 2. The van der Waals surface area contributed by atoms with E-state index in [1.807, 2.05) is 31.2 Å². The quantitative estimate of drug-likeness (QED) is 0.692. The maximum absolute atomic E-state index is 12.9. The van der Waals surface area contributed by atoms with Gasteiger partial charge in [-0.25, -0.2) is 4.39 Å². The lowest BCUT2D eigenvalue weighted by Gasteiger charge is -2.09. The third-order valence-corrected chi connectivity index (χ3v) is 4.32. The number of carbonyl (C=O) groups is 2. The molecule has 0 saturated heterocycles. The second-order valence-electron chi connectivity index (χ2n) is 6.35. The Bertz CT molecular complexity index is 987. The largest absolute Gasteiger partial charge is 0.348 e. The molecule has 0 aliphatic heterocycles. The van der Waals surface area contributed by atoms with Crippen molar-refractivity contribution in [1.82, 2.24) is 15.6 Å². The van der Waals surface area contributed by atoms with Crippen LogP contribution in [-0.4, -0.2) is 16.8 Å². The van der Waals surface area contributed by atoms with Gasteiger partial charge in [0.15, 0.2) is 0 Å². The number of aryl methyl sites for hydroxylation is 1. The first kappa shape index (κ1) is 19.2. The molecule has 3 rings (SSSR count). The van der Waals surface area contributed by atoms with Crippen LogP contribution in [0.2, 0.25) is 0 Å². The van der Waals surface area contributed by atoms with Crippen molar-refractivity contribution >= 4 is 11.8 Å². The number of carbonyl (C=O) groups excluding carboxylic acids is 2. The molecule has 0 atom stereocenters. The van der Waals surface area contributed by atoms with Gasteiger partial charge in [0.05, 0.1) is 0 Å². The lowest BCUT2D eigenvalue weighted by atomic mass is 10.1. The van der Waals surface area contributed by atoms with Gasteiger partial charge >= 0.3 is 0 Å². The standard InChI is InChI=1S/C22H20FN3O2/c1-15-4-2-3-5-18(15)14-26-21(27)17-10-11-24-20(12-17)22(28)25-13-16-6-8-19(23)9-7-16/h2-12H,13-14H2,1H3,(H,25,28)(H,26,27). The van der Waals surface area contributed by atoms with E-state index in [-0.39, 0.29) is 24.0 Å². The number of pyridine rings is 1. The first-order chi connectivity index (χ1) is 13.5. The van der Waals surface area contributed by atoms with Gasteiger partial charge in [-0.05, 0) is 47.9 Å². The van der Waals surface area contributed by atoms with E-state index in [0.717, 1.165) is 16.7 Å². The van der Waals surface area contributed by atoms with Crippen molar-refractivity contribution < 1.29 is 14.0 Å². The van der Waals surface area contributed by atoms with Crippen LogP contribution in [0.1, 0.15) is 37.5 Å². The molecular weight excluding hydrogens is 357 g/mol. The summed E-state index contributed by atoms with van der Waals surface area (Å²) in [6.07, 6.45) is 1.43. The Hall–Kier alpha value is -3.54. The van der Waals surface area contributed by atoms with Gasteiger partial charge in [-0.2, -0.15) is 0 Å². The van der Waals surface area contributed by atoms with Crippen molar-refractivity contribution in [2.75, 3.05) is 0 Å². The molecule has 0 aliphatic rings. The highest BCUT2D eigenvalue weighted by Crippen LogP contribution is 2.08. The first-order valence-electron chi connectivity index (χ1n) is 8.84. The van der Waals surface area contributed by atoms with Crippen LogP contribution in [0.25, 0.3) is 0 Å². The van der Waals surface area contributed by atoms with Crippen molar-refractivity contribution in [2.24, 2.45) is 0 Å². The van der Waals surface area contributed by atoms with Gasteiger partial charge in [-0.1, -0.05) is 36.4 Å². The van der Waals surface area contributed by atoms with Crippen molar-refractivity contribution in [2.45, 2.75) is 20.0 Å². The highest BCUT2D eigenvalue weighted by Gasteiger charge is 2.12. The van der Waals surface area contributed by atoms with Gasteiger partial charge in [-0.3, -0.25) is 14.6 Å².